The van der Waals surface area contributed by atoms with E-state index in [2.05, 4.69) is 10.2 Å². The summed E-state index contributed by atoms with van der Waals surface area (Å²) in [5.74, 6) is -0.387. The number of hydrogen-bond acceptors (Lipinski definition) is 4. The number of amides is 2. The highest BCUT2D eigenvalue weighted by molar-refractivity contribution is 6.03. The van der Waals surface area contributed by atoms with Crippen LogP contribution in [0.5, 0.6) is 0 Å². The van der Waals surface area contributed by atoms with Crippen molar-refractivity contribution in [2.75, 3.05) is 48.0 Å². The van der Waals surface area contributed by atoms with Crippen molar-refractivity contribution < 1.29 is 14.3 Å². The lowest BCUT2D eigenvalue weighted by Gasteiger charge is -2.30. The SMILES string of the molecule is CC(=O)N(CC(=O)Nc1ccccc1N1CCOCC1)c1cc(C)ccc1C. The minimum atomic E-state index is -0.225. The van der Waals surface area contributed by atoms with Crippen LogP contribution in [-0.2, 0) is 14.3 Å². The lowest BCUT2D eigenvalue weighted by Crippen LogP contribution is -2.38. The largest absolute Gasteiger partial charge is 0.378 e. The number of nitrogens with one attached hydrogen (secondary N) is 1. The van der Waals surface area contributed by atoms with Crippen molar-refractivity contribution in [3.63, 3.8) is 0 Å². The Morgan fingerprint density at radius 1 is 1.11 bits per heavy atom. The molecule has 0 aromatic heterocycles. The van der Waals surface area contributed by atoms with Gasteiger partial charge in [0.15, 0.2) is 0 Å². The van der Waals surface area contributed by atoms with E-state index in [1.807, 2.05) is 56.3 Å². The van der Waals surface area contributed by atoms with E-state index >= 15 is 0 Å². The second-order valence-corrected chi connectivity index (χ2v) is 7.06. The summed E-state index contributed by atoms with van der Waals surface area (Å²) in [4.78, 5) is 28.7. The van der Waals surface area contributed by atoms with Gasteiger partial charge in [0, 0.05) is 25.7 Å². The van der Waals surface area contributed by atoms with Crippen molar-refractivity contribution in [2.45, 2.75) is 20.8 Å². The zero-order chi connectivity index (χ0) is 20.1. The third-order valence-corrected chi connectivity index (χ3v) is 4.87. The number of anilines is 3. The van der Waals surface area contributed by atoms with Gasteiger partial charge in [-0.05, 0) is 43.2 Å². The molecule has 28 heavy (non-hydrogen) atoms. The van der Waals surface area contributed by atoms with Gasteiger partial charge in [0.25, 0.3) is 0 Å². The van der Waals surface area contributed by atoms with Crippen molar-refractivity contribution in [3.8, 4) is 0 Å². The Labute approximate surface area is 166 Å². The van der Waals surface area contributed by atoms with Crippen LogP contribution >= 0.6 is 0 Å². The van der Waals surface area contributed by atoms with Gasteiger partial charge in [-0.2, -0.15) is 0 Å². The van der Waals surface area contributed by atoms with Crippen LogP contribution in [0.3, 0.4) is 0 Å². The summed E-state index contributed by atoms with van der Waals surface area (Å²) in [5.41, 5.74) is 4.50. The van der Waals surface area contributed by atoms with Gasteiger partial charge < -0.3 is 19.9 Å². The number of benzene rings is 2. The molecular formula is C22H27N3O3. The molecule has 0 bridgehead atoms. The summed E-state index contributed by atoms with van der Waals surface area (Å²) in [7, 11) is 0. The van der Waals surface area contributed by atoms with Crippen molar-refractivity contribution >= 4 is 28.9 Å². The Morgan fingerprint density at radius 2 is 1.82 bits per heavy atom. The highest BCUT2D eigenvalue weighted by Crippen LogP contribution is 2.27. The van der Waals surface area contributed by atoms with Crippen molar-refractivity contribution in [1.29, 1.82) is 0 Å². The molecule has 1 aliphatic heterocycles. The van der Waals surface area contributed by atoms with Crippen molar-refractivity contribution in [2.24, 2.45) is 0 Å². The third-order valence-electron chi connectivity index (χ3n) is 4.87. The molecule has 1 saturated heterocycles. The molecule has 0 unspecified atom stereocenters. The zero-order valence-corrected chi connectivity index (χ0v) is 16.7. The molecule has 1 aliphatic rings. The molecule has 6 heteroatoms. The first kappa shape index (κ1) is 19.9. The van der Waals surface area contributed by atoms with E-state index in [-0.39, 0.29) is 18.4 Å². The fourth-order valence-corrected chi connectivity index (χ4v) is 3.37. The molecule has 2 amide bonds. The molecule has 1 fully saturated rings. The number of carbonyl (C=O) groups excluding carboxylic acids is 2. The third kappa shape index (κ3) is 4.70. The van der Waals surface area contributed by atoms with Crippen LogP contribution in [-0.4, -0.2) is 44.7 Å². The predicted molar refractivity (Wildman–Crippen MR) is 112 cm³/mol. The summed E-state index contributed by atoms with van der Waals surface area (Å²) in [6.45, 7) is 8.29. The van der Waals surface area contributed by atoms with Crippen molar-refractivity contribution in [3.05, 3.63) is 53.6 Å². The molecule has 0 spiro atoms. The maximum absolute atomic E-state index is 12.8. The lowest BCUT2D eigenvalue weighted by molar-refractivity contribution is -0.120. The summed E-state index contributed by atoms with van der Waals surface area (Å²) >= 11 is 0. The second kappa shape index (κ2) is 8.89. The molecule has 2 aromatic rings. The molecule has 0 saturated carbocycles. The fourth-order valence-electron chi connectivity index (χ4n) is 3.37. The summed E-state index contributed by atoms with van der Waals surface area (Å²) < 4.78 is 5.42. The monoisotopic (exact) mass is 381 g/mol. The van der Waals surface area contributed by atoms with E-state index in [1.165, 1.54) is 11.8 Å². The molecule has 3 rings (SSSR count). The zero-order valence-electron chi connectivity index (χ0n) is 16.7. The van der Waals surface area contributed by atoms with E-state index in [0.717, 1.165) is 41.3 Å². The molecule has 6 nitrogen and oxygen atoms in total. The second-order valence-electron chi connectivity index (χ2n) is 7.06. The number of nitrogens with zero attached hydrogens (tertiary/aromatic N) is 2. The molecular weight excluding hydrogens is 354 g/mol. The highest BCUT2D eigenvalue weighted by Gasteiger charge is 2.20. The Morgan fingerprint density at radius 3 is 2.54 bits per heavy atom. The molecule has 0 aliphatic carbocycles. The highest BCUT2D eigenvalue weighted by atomic mass is 16.5. The summed E-state index contributed by atoms with van der Waals surface area (Å²) in [5, 5.41) is 2.98. The minimum Gasteiger partial charge on any atom is -0.378 e. The van der Waals surface area contributed by atoms with E-state index in [0.29, 0.717) is 13.2 Å². The molecule has 2 aromatic carbocycles. The van der Waals surface area contributed by atoms with Gasteiger partial charge in [-0.25, -0.2) is 0 Å². The quantitative estimate of drug-likeness (QED) is 0.864. The van der Waals surface area contributed by atoms with Gasteiger partial charge in [0.05, 0.1) is 24.6 Å². The maximum Gasteiger partial charge on any atom is 0.244 e. The molecule has 0 radical (unpaired) electrons. The Kier molecular flexibility index (Phi) is 6.31. The fraction of sp³-hybridized carbons (Fsp3) is 0.364. The smallest absolute Gasteiger partial charge is 0.244 e. The van der Waals surface area contributed by atoms with Crippen LogP contribution in [0.1, 0.15) is 18.1 Å². The van der Waals surface area contributed by atoms with E-state index < -0.39 is 0 Å². The Hall–Kier alpha value is -2.86. The van der Waals surface area contributed by atoms with Gasteiger partial charge in [0.1, 0.15) is 6.54 Å². The number of ether oxygens (including phenoxy) is 1. The average Bonchev–Trinajstić information content (AvgIpc) is 2.69. The molecule has 0 atom stereocenters. The van der Waals surface area contributed by atoms with Crippen LogP contribution in [0.4, 0.5) is 17.1 Å². The van der Waals surface area contributed by atoms with Gasteiger partial charge in [-0.15, -0.1) is 0 Å². The average molecular weight is 381 g/mol. The topological polar surface area (TPSA) is 61.9 Å². The van der Waals surface area contributed by atoms with Gasteiger partial charge in [-0.1, -0.05) is 24.3 Å². The molecule has 1 N–H and O–H groups in total. The van der Waals surface area contributed by atoms with Crippen LogP contribution in [0, 0.1) is 13.8 Å². The number of carbonyl (C=O) groups is 2. The number of para-hydroxylation sites is 2. The lowest BCUT2D eigenvalue weighted by atomic mass is 10.1. The summed E-state index contributed by atoms with van der Waals surface area (Å²) in [6, 6.07) is 13.6. The van der Waals surface area contributed by atoms with Crippen LogP contribution < -0.4 is 15.1 Å². The number of rotatable bonds is 5. The van der Waals surface area contributed by atoms with E-state index in [1.54, 1.807) is 0 Å². The molecule has 148 valence electrons. The predicted octanol–water partition coefficient (Wildman–Crippen LogP) is 3.13. The normalized spacial score (nSPS) is 13.9. The first-order valence-corrected chi connectivity index (χ1v) is 9.52. The van der Waals surface area contributed by atoms with Crippen LogP contribution in [0.15, 0.2) is 42.5 Å². The van der Waals surface area contributed by atoms with E-state index in [9.17, 15) is 9.59 Å². The van der Waals surface area contributed by atoms with Crippen LogP contribution in [0.2, 0.25) is 0 Å². The number of aryl methyl sites for hydroxylation is 2. The van der Waals surface area contributed by atoms with Gasteiger partial charge >= 0.3 is 0 Å². The first-order chi connectivity index (χ1) is 13.5. The van der Waals surface area contributed by atoms with Gasteiger partial charge in [0.2, 0.25) is 11.8 Å². The Balaban J connectivity index is 1.77. The van der Waals surface area contributed by atoms with Crippen molar-refractivity contribution in [1.82, 2.24) is 0 Å². The van der Waals surface area contributed by atoms with Crippen LogP contribution in [0.25, 0.3) is 0 Å². The molecule has 1 heterocycles. The minimum absolute atomic E-state index is 0.0307. The Bertz CT molecular complexity index is 860. The summed E-state index contributed by atoms with van der Waals surface area (Å²) in [6.07, 6.45) is 0. The maximum atomic E-state index is 12.8. The van der Waals surface area contributed by atoms with E-state index in [4.69, 9.17) is 4.74 Å². The first-order valence-electron chi connectivity index (χ1n) is 9.52. The van der Waals surface area contributed by atoms with Gasteiger partial charge in [-0.3, -0.25) is 9.59 Å². The number of hydrogen-bond donors (Lipinski definition) is 1. The number of morpholine rings is 1. The standard InChI is InChI=1S/C22H27N3O3/c1-16-8-9-17(2)21(14-16)25(18(3)26)15-22(27)23-19-6-4-5-7-20(19)24-10-12-28-13-11-24/h4-9,14H,10-13,15H2,1-3H3,(H,23,27).